The van der Waals surface area contributed by atoms with Crippen molar-refractivity contribution in [2.75, 3.05) is 31.9 Å². The summed E-state index contributed by atoms with van der Waals surface area (Å²) in [5, 5.41) is 3.18. The monoisotopic (exact) mass is 226 g/mol. The Balaban J connectivity index is 2.66. The fourth-order valence-electron chi connectivity index (χ4n) is 1.26. The van der Waals surface area contributed by atoms with Crippen LogP contribution in [-0.4, -0.2) is 36.8 Å². The maximum Gasteiger partial charge on any atom is 0.242 e. The summed E-state index contributed by atoms with van der Waals surface area (Å²) >= 11 is 0. The lowest BCUT2D eigenvalue weighted by atomic mass is 10.2. The first-order chi connectivity index (χ1) is 7.69. The number of aromatic nitrogens is 2. The quantitative estimate of drug-likeness (QED) is 0.750. The number of hydrogen-bond acceptors (Lipinski definition) is 6. The first-order valence-electron chi connectivity index (χ1n) is 5.09. The van der Waals surface area contributed by atoms with Gasteiger partial charge in [-0.3, -0.25) is 0 Å². The van der Waals surface area contributed by atoms with Crippen molar-refractivity contribution >= 4 is 11.5 Å². The van der Waals surface area contributed by atoms with E-state index in [4.69, 9.17) is 15.2 Å². The fourth-order valence-corrected chi connectivity index (χ4v) is 1.26. The minimum Gasteiger partial charge on any atom is -0.479 e. The summed E-state index contributed by atoms with van der Waals surface area (Å²) < 4.78 is 10.0. The molecule has 0 aliphatic heterocycles. The van der Waals surface area contributed by atoms with Gasteiger partial charge in [0.05, 0.1) is 7.11 Å². The van der Waals surface area contributed by atoms with E-state index in [1.165, 1.54) is 13.4 Å². The molecule has 0 spiro atoms. The molecule has 0 aliphatic carbocycles. The van der Waals surface area contributed by atoms with Gasteiger partial charge in [-0.2, -0.15) is 4.98 Å². The number of nitrogens with zero attached hydrogens (tertiary/aromatic N) is 2. The van der Waals surface area contributed by atoms with Crippen LogP contribution in [0.4, 0.5) is 11.5 Å². The number of ether oxygens (including phenoxy) is 2. The summed E-state index contributed by atoms with van der Waals surface area (Å²) in [7, 11) is 3.20. The van der Waals surface area contributed by atoms with Gasteiger partial charge in [-0.15, -0.1) is 0 Å². The van der Waals surface area contributed by atoms with Crippen molar-refractivity contribution in [3.63, 3.8) is 0 Å². The average Bonchev–Trinajstić information content (AvgIpc) is 2.29. The molecule has 1 aromatic rings. The number of methoxy groups -OCH3 is 2. The van der Waals surface area contributed by atoms with Crippen molar-refractivity contribution in [3.8, 4) is 5.88 Å². The third-order valence-corrected chi connectivity index (χ3v) is 2.18. The van der Waals surface area contributed by atoms with Crippen LogP contribution in [-0.2, 0) is 4.74 Å². The average molecular weight is 226 g/mol. The Bertz CT molecular complexity index is 333. The highest BCUT2D eigenvalue weighted by Crippen LogP contribution is 2.24. The van der Waals surface area contributed by atoms with Crippen molar-refractivity contribution < 1.29 is 9.47 Å². The second-order valence-electron chi connectivity index (χ2n) is 3.47. The summed E-state index contributed by atoms with van der Waals surface area (Å²) in [6.45, 7) is 2.73. The Morgan fingerprint density at radius 3 is 2.81 bits per heavy atom. The molecule has 6 nitrogen and oxygen atoms in total. The van der Waals surface area contributed by atoms with Crippen molar-refractivity contribution in [1.29, 1.82) is 0 Å². The highest BCUT2D eigenvalue weighted by Gasteiger charge is 2.10. The van der Waals surface area contributed by atoms with Crippen LogP contribution in [0.3, 0.4) is 0 Å². The zero-order valence-electron chi connectivity index (χ0n) is 9.86. The van der Waals surface area contributed by atoms with Gasteiger partial charge < -0.3 is 20.5 Å². The van der Waals surface area contributed by atoms with Crippen LogP contribution in [0.25, 0.3) is 0 Å². The Hall–Kier alpha value is -1.56. The summed E-state index contributed by atoms with van der Waals surface area (Å²) in [5.74, 6) is 0.979. The van der Waals surface area contributed by atoms with Crippen molar-refractivity contribution in [1.82, 2.24) is 9.97 Å². The lowest BCUT2D eigenvalue weighted by molar-refractivity contribution is 0.191. The highest BCUT2D eigenvalue weighted by molar-refractivity contribution is 5.66. The third kappa shape index (κ3) is 3.23. The van der Waals surface area contributed by atoms with Gasteiger partial charge in [0, 0.05) is 19.8 Å². The van der Waals surface area contributed by atoms with Crippen LogP contribution < -0.4 is 15.8 Å². The largest absolute Gasteiger partial charge is 0.479 e. The van der Waals surface area contributed by atoms with E-state index < -0.39 is 0 Å². The predicted molar refractivity (Wildman–Crippen MR) is 62.6 cm³/mol. The second kappa shape index (κ2) is 6.12. The normalized spacial score (nSPS) is 12.2. The minimum atomic E-state index is 0.224. The molecule has 1 unspecified atom stereocenters. The number of nitrogen functional groups attached to an aromatic ring is 1. The van der Waals surface area contributed by atoms with E-state index in [1.807, 2.05) is 6.92 Å². The zero-order chi connectivity index (χ0) is 12.0. The van der Waals surface area contributed by atoms with Crippen molar-refractivity contribution in [3.05, 3.63) is 6.33 Å². The minimum absolute atomic E-state index is 0.224. The van der Waals surface area contributed by atoms with Crippen molar-refractivity contribution in [2.24, 2.45) is 0 Å². The van der Waals surface area contributed by atoms with E-state index in [9.17, 15) is 0 Å². The van der Waals surface area contributed by atoms with E-state index in [2.05, 4.69) is 15.3 Å². The molecule has 0 fully saturated rings. The van der Waals surface area contributed by atoms with Crippen LogP contribution >= 0.6 is 0 Å². The van der Waals surface area contributed by atoms with Gasteiger partial charge in [0.15, 0.2) is 5.82 Å². The number of nitrogens with one attached hydrogen (secondary N) is 1. The maximum atomic E-state index is 5.83. The molecular weight excluding hydrogens is 208 g/mol. The zero-order valence-corrected chi connectivity index (χ0v) is 9.86. The Kier molecular flexibility index (Phi) is 4.78. The first kappa shape index (κ1) is 12.5. The van der Waals surface area contributed by atoms with E-state index in [1.54, 1.807) is 7.11 Å². The molecule has 3 N–H and O–H groups in total. The molecule has 1 rings (SSSR count). The smallest absolute Gasteiger partial charge is 0.242 e. The number of nitrogens with two attached hydrogens (primary N) is 1. The van der Waals surface area contributed by atoms with Crippen LogP contribution in [0, 0.1) is 0 Å². The van der Waals surface area contributed by atoms with Crippen LogP contribution in [0.1, 0.15) is 13.3 Å². The summed E-state index contributed by atoms with van der Waals surface area (Å²) in [5.41, 5.74) is 6.25. The van der Waals surface area contributed by atoms with Gasteiger partial charge >= 0.3 is 0 Å². The molecule has 16 heavy (non-hydrogen) atoms. The molecule has 90 valence electrons. The summed E-state index contributed by atoms with van der Waals surface area (Å²) in [4.78, 5) is 7.97. The molecule has 0 aliphatic rings. The first-order valence-corrected chi connectivity index (χ1v) is 5.09. The number of hydrogen-bond donors (Lipinski definition) is 2. The molecular formula is C10H18N4O2. The maximum absolute atomic E-state index is 5.83. The molecule has 6 heteroatoms. The van der Waals surface area contributed by atoms with Crippen LogP contribution in [0.15, 0.2) is 6.33 Å². The Morgan fingerprint density at radius 1 is 1.44 bits per heavy atom. The van der Waals surface area contributed by atoms with Crippen LogP contribution in [0.2, 0.25) is 0 Å². The summed E-state index contributed by atoms with van der Waals surface area (Å²) in [6.07, 6.45) is 2.29. The number of rotatable bonds is 6. The molecule has 0 saturated carbocycles. The van der Waals surface area contributed by atoms with E-state index in [0.717, 1.165) is 6.42 Å². The SMILES string of the molecule is COCCC(C)Nc1ncnc(OC)c1N. The molecule has 0 aromatic carbocycles. The lowest BCUT2D eigenvalue weighted by Gasteiger charge is -2.15. The molecule has 0 bridgehead atoms. The molecule has 1 heterocycles. The predicted octanol–water partition coefficient (Wildman–Crippen LogP) is 0.904. The van der Waals surface area contributed by atoms with Crippen molar-refractivity contribution in [2.45, 2.75) is 19.4 Å². The van der Waals surface area contributed by atoms with Gasteiger partial charge in [0.1, 0.15) is 12.0 Å². The van der Waals surface area contributed by atoms with Gasteiger partial charge in [-0.05, 0) is 13.3 Å². The molecule has 0 amide bonds. The Labute approximate surface area is 95.2 Å². The molecule has 0 radical (unpaired) electrons. The fraction of sp³-hybridized carbons (Fsp3) is 0.600. The van der Waals surface area contributed by atoms with E-state index in [0.29, 0.717) is 24.0 Å². The van der Waals surface area contributed by atoms with Gasteiger partial charge in [-0.25, -0.2) is 4.98 Å². The third-order valence-electron chi connectivity index (χ3n) is 2.18. The molecule has 1 aromatic heterocycles. The van der Waals surface area contributed by atoms with Gasteiger partial charge in [-0.1, -0.05) is 0 Å². The topological polar surface area (TPSA) is 82.3 Å². The molecule has 1 atom stereocenters. The van der Waals surface area contributed by atoms with Gasteiger partial charge in [0.25, 0.3) is 0 Å². The van der Waals surface area contributed by atoms with E-state index >= 15 is 0 Å². The summed E-state index contributed by atoms with van der Waals surface area (Å²) in [6, 6.07) is 0.224. The second-order valence-corrected chi connectivity index (χ2v) is 3.47. The standard InChI is InChI=1S/C10H18N4O2/c1-7(4-5-15-2)14-9-8(11)10(16-3)13-6-12-9/h6-7H,4-5,11H2,1-3H3,(H,12,13,14). The molecule has 0 saturated heterocycles. The van der Waals surface area contributed by atoms with E-state index in [-0.39, 0.29) is 6.04 Å². The van der Waals surface area contributed by atoms with Crippen LogP contribution in [0.5, 0.6) is 5.88 Å². The van der Waals surface area contributed by atoms with Gasteiger partial charge in [0.2, 0.25) is 5.88 Å². The Morgan fingerprint density at radius 2 is 2.19 bits per heavy atom. The number of anilines is 2. The highest BCUT2D eigenvalue weighted by atomic mass is 16.5. The lowest BCUT2D eigenvalue weighted by Crippen LogP contribution is -2.19.